The van der Waals surface area contributed by atoms with Crippen LogP contribution in [0, 0.1) is 5.92 Å². The van der Waals surface area contributed by atoms with E-state index in [4.69, 9.17) is 0 Å². The van der Waals surface area contributed by atoms with Crippen molar-refractivity contribution in [1.29, 1.82) is 0 Å². The first-order valence-corrected chi connectivity index (χ1v) is 7.59. The van der Waals surface area contributed by atoms with Gasteiger partial charge in [0.1, 0.15) is 0 Å². The maximum atomic E-state index is 11.5. The number of pyridine rings is 1. The number of carboxylic acid groups (broad SMARTS) is 1. The summed E-state index contributed by atoms with van der Waals surface area (Å²) in [4.78, 5) is 18.2. The Morgan fingerprint density at radius 2 is 2.15 bits per heavy atom. The van der Waals surface area contributed by atoms with Crippen LogP contribution in [0.3, 0.4) is 0 Å². The summed E-state index contributed by atoms with van der Waals surface area (Å²) in [7, 11) is 0. The van der Waals surface area contributed by atoms with E-state index < -0.39 is 5.97 Å². The van der Waals surface area contributed by atoms with Crippen molar-refractivity contribution >= 4 is 5.97 Å². The average molecular weight is 276 g/mol. The van der Waals surface area contributed by atoms with Crippen LogP contribution in [0.4, 0.5) is 0 Å². The van der Waals surface area contributed by atoms with Gasteiger partial charge in [-0.05, 0) is 31.5 Å². The molecule has 1 fully saturated rings. The van der Waals surface area contributed by atoms with Gasteiger partial charge in [0.25, 0.3) is 0 Å². The van der Waals surface area contributed by atoms with Gasteiger partial charge >= 0.3 is 5.97 Å². The molecule has 1 aromatic heterocycles. The minimum atomic E-state index is -0.642. The highest BCUT2D eigenvalue weighted by Crippen LogP contribution is 2.28. The quantitative estimate of drug-likeness (QED) is 0.840. The van der Waals surface area contributed by atoms with Crippen molar-refractivity contribution < 1.29 is 9.90 Å². The van der Waals surface area contributed by atoms with Crippen molar-refractivity contribution in [3.8, 4) is 0 Å². The van der Waals surface area contributed by atoms with E-state index in [0.29, 0.717) is 0 Å². The molecule has 1 aromatic rings. The largest absolute Gasteiger partial charge is 0.481 e. The van der Waals surface area contributed by atoms with E-state index in [9.17, 15) is 9.90 Å². The molecule has 0 saturated heterocycles. The molecule has 4 nitrogen and oxygen atoms in total. The lowest BCUT2D eigenvalue weighted by Crippen LogP contribution is -2.42. The Morgan fingerprint density at radius 3 is 2.80 bits per heavy atom. The Hall–Kier alpha value is -1.42. The zero-order valence-electron chi connectivity index (χ0n) is 12.2. The number of aromatic nitrogens is 1. The van der Waals surface area contributed by atoms with Gasteiger partial charge in [-0.15, -0.1) is 0 Å². The van der Waals surface area contributed by atoms with Gasteiger partial charge in [0.2, 0.25) is 0 Å². The second-order valence-electron chi connectivity index (χ2n) is 5.53. The van der Waals surface area contributed by atoms with Gasteiger partial charge in [-0.1, -0.05) is 32.3 Å². The van der Waals surface area contributed by atoms with Gasteiger partial charge in [0.05, 0.1) is 11.6 Å². The SMILES string of the molecule is CCN(Cc1ccccn1)C1CCCCCC1C(=O)O. The predicted octanol–water partition coefficient (Wildman–Crippen LogP) is 2.94. The van der Waals surface area contributed by atoms with Crippen molar-refractivity contribution in [2.24, 2.45) is 5.92 Å². The fourth-order valence-electron chi connectivity index (χ4n) is 3.18. The maximum absolute atomic E-state index is 11.5. The minimum Gasteiger partial charge on any atom is -0.481 e. The molecule has 0 aliphatic heterocycles. The van der Waals surface area contributed by atoms with Crippen LogP contribution in [0.2, 0.25) is 0 Å². The summed E-state index contributed by atoms with van der Waals surface area (Å²) in [5, 5.41) is 9.50. The summed E-state index contributed by atoms with van der Waals surface area (Å²) in [5.74, 6) is -0.877. The molecular weight excluding hydrogens is 252 g/mol. The average Bonchev–Trinajstić information content (AvgIpc) is 2.71. The Bertz CT molecular complexity index is 422. The lowest BCUT2D eigenvalue weighted by Gasteiger charge is -2.33. The Morgan fingerprint density at radius 1 is 1.35 bits per heavy atom. The monoisotopic (exact) mass is 276 g/mol. The van der Waals surface area contributed by atoms with Crippen LogP contribution in [0.1, 0.15) is 44.7 Å². The summed E-state index contributed by atoms with van der Waals surface area (Å²) in [6, 6.07) is 6.04. The number of carbonyl (C=O) groups is 1. The van der Waals surface area contributed by atoms with E-state index in [2.05, 4.69) is 16.8 Å². The second-order valence-corrected chi connectivity index (χ2v) is 5.53. The van der Waals surface area contributed by atoms with E-state index in [1.54, 1.807) is 6.20 Å². The van der Waals surface area contributed by atoms with Crippen molar-refractivity contribution in [2.75, 3.05) is 6.54 Å². The molecule has 2 rings (SSSR count). The first-order valence-electron chi connectivity index (χ1n) is 7.59. The van der Waals surface area contributed by atoms with Crippen LogP contribution < -0.4 is 0 Å². The van der Waals surface area contributed by atoms with Crippen LogP contribution in [0.25, 0.3) is 0 Å². The number of carboxylic acids is 1. The third kappa shape index (κ3) is 3.79. The molecule has 4 heteroatoms. The van der Waals surface area contributed by atoms with E-state index in [-0.39, 0.29) is 12.0 Å². The number of aliphatic carboxylic acids is 1. The van der Waals surface area contributed by atoms with E-state index in [1.165, 1.54) is 0 Å². The molecule has 1 aliphatic carbocycles. The highest BCUT2D eigenvalue weighted by Gasteiger charge is 2.33. The van der Waals surface area contributed by atoms with Crippen molar-refractivity contribution in [1.82, 2.24) is 9.88 Å². The predicted molar refractivity (Wildman–Crippen MR) is 78.3 cm³/mol. The Kier molecular flexibility index (Phi) is 5.53. The van der Waals surface area contributed by atoms with Gasteiger partial charge in [-0.25, -0.2) is 0 Å². The van der Waals surface area contributed by atoms with Gasteiger partial charge in [0.15, 0.2) is 0 Å². The van der Waals surface area contributed by atoms with E-state index >= 15 is 0 Å². The molecule has 110 valence electrons. The molecule has 0 bridgehead atoms. The first kappa shape index (κ1) is 15.0. The van der Waals surface area contributed by atoms with Crippen LogP contribution in [-0.4, -0.2) is 33.5 Å². The summed E-state index contributed by atoms with van der Waals surface area (Å²) in [6.45, 7) is 3.71. The molecule has 20 heavy (non-hydrogen) atoms. The van der Waals surface area contributed by atoms with Gasteiger partial charge in [-0.2, -0.15) is 0 Å². The molecule has 0 aromatic carbocycles. The normalized spacial score (nSPS) is 23.5. The lowest BCUT2D eigenvalue weighted by molar-refractivity contribution is -0.144. The molecule has 1 N–H and O–H groups in total. The van der Waals surface area contributed by atoms with Crippen molar-refractivity contribution in [3.63, 3.8) is 0 Å². The minimum absolute atomic E-state index is 0.141. The molecule has 0 radical (unpaired) electrons. The van der Waals surface area contributed by atoms with Gasteiger partial charge in [0, 0.05) is 18.8 Å². The lowest BCUT2D eigenvalue weighted by atomic mass is 9.93. The van der Waals surface area contributed by atoms with Crippen molar-refractivity contribution in [2.45, 2.75) is 51.6 Å². The highest BCUT2D eigenvalue weighted by molar-refractivity contribution is 5.70. The first-order chi connectivity index (χ1) is 9.72. The molecule has 2 unspecified atom stereocenters. The highest BCUT2D eigenvalue weighted by atomic mass is 16.4. The molecule has 1 heterocycles. The third-order valence-corrected chi connectivity index (χ3v) is 4.26. The van der Waals surface area contributed by atoms with Crippen molar-refractivity contribution in [3.05, 3.63) is 30.1 Å². The van der Waals surface area contributed by atoms with Crippen LogP contribution >= 0.6 is 0 Å². The fourth-order valence-corrected chi connectivity index (χ4v) is 3.18. The van der Waals surface area contributed by atoms with Gasteiger partial charge < -0.3 is 5.11 Å². The topological polar surface area (TPSA) is 53.4 Å². The van der Waals surface area contributed by atoms with Crippen LogP contribution in [0.5, 0.6) is 0 Å². The van der Waals surface area contributed by atoms with E-state index in [0.717, 1.165) is 50.9 Å². The fraction of sp³-hybridized carbons (Fsp3) is 0.625. The molecule has 0 spiro atoms. The van der Waals surface area contributed by atoms with Crippen LogP contribution in [-0.2, 0) is 11.3 Å². The summed E-state index contributed by atoms with van der Waals surface area (Å²) in [6.07, 6.45) is 6.91. The Balaban J connectivity index is 2.12. The number of hydrogen-bond donors (Lipinski definition) is 1. The van der Waals surface area contributed by atoms with E-state index in [1.807, 2.05) is 18.2 Å². The maximum Gasteiger partial charge on any atom is 0.308 e. The zero-order valence-corrected chi connectivity index (χ0v) is 12.2. The summed E-state index contributed by atoms with van der Waals surface area (Å²) in [5.41, 5.74) is 1.02. The molecule has 2 atom stereocenters. The van der Waals surface area contributed by atoms with Crippen LogP contribution in [0.15, 0.2) is 24.4 Å². The smallest absolute Gasteiger partial charge is 0.308 e. The molecule has 0 amide bonds. The summed E-state index contributed by atoms with van der Waals surface area (Å²) >= 11 is 0. The third-order valence-electron chi connectivity index (χ3n) is 4.26. The summed E-state index contributed by atoms with van der Waals surface area (Å²) < 4.78 is 0. The number of nitrogens with zero attached hydrogens (tertiary/aromatic N) is 2. The van der Waals surface area contributed by atoms with Gasteiger partial charge in [-0.3, -0.25) is 14.7 Å². The Labute approximate surface area is 120 Å². The molecule has 1 aliphatic rings. The second kappa shape index (κ2) is 7.39. The molecule has 1 saturated carbocycles. The molecular formula is C16H24N2O2. The zero-order chi connectivity index (χ0) is 14.4. The number of hydrogen-bond acceptors (Lipinski definition) is 3. The number of rotatable bonds is 5. The standard InChI is InChI=1S/C16H24N2O2/c1-2-18(12-13-8-6-7-11-17-13)15-10-5-3-4-9-14(15)16(19)20/h6-8,11,14-15H,2-5,9-10,12H2,1H3,(H,19,20).